The third-order valence-corrected chi connectivity index (χ3v) is 3.38. The van der Waals surface area contributed by atoms with E-state index in [1.807, 2.05) is 30.3 Å². The highest BCUT2D eigenvalue weighted by molar-refractivity contribution is 5.99. The smallest absolute Gasteiger partial charge is 0.354 e. The van der Waals surface area contributed by atoms with Gasteiger partial charge < -0.3 is 24.3 Å². The molecule has 0 aliphatic carbocycles. The lowest BCUT2D eigenvalue weighted by Crippen LogP contribution is -2.16. The van der Waals surface area contributed by atoms with Crippen molar-refractivity contribution in [3.05, 3.63) is 66.4 Å². The van der Waals surface area contributed by atoms with E-state index in [-0.39, 0.29) is 5.70 Å². The van der Waals surface area contributed by atoms with Crippen molar-refractivity contribution in [2.75, 3.05) is 32.8 Å². The standard InChI is InChI=1S/C20H21NO6/c1-24-19(22)14-17(20(23)25-2)21-16-10-6-7-11-18(16)27-13-12-26-15-8-4-3-5-9-15/h3-11,14,21H,12-13H2,1-2H3/b17-14+. The maximum absolute atomic E-state index is 11.9. The van der Waals surface area contributed by atoms with Gasteiger partial charge in [0.1, 0.15) is 30.4 Å². The second-order valence-electron chi connectivity index (χ2n) is 5.20. The van der Waals surface area contributed by atoms with Gasteiger partial charge in [-0.3, -0.25) is 0 Å². The number of para-hydroxylation sites is 3. The van der Waals surface area contributed by atoms with Gasteiger partial charge in [0.2, 0.25) is 0 Å². The van der Waals surface area contributed by atoms with Crippen molar-refractivity contribution in [1.82, 2.24) is 0 Å². The molecule has 0 saturated heterocycles. The molecule has 27 heavy (non-hydrogen) atoms. The van der Waals surface area contributed by atoms with Crippen LogP contribution in [0.15, 0.2) is 66.4 Å². The van der Waals surface area contributed by atoms with Gasteiger partial charge in [-0.25, -0.2) is 9.59 Å². The molecule has 0 aliphatic heterocycles. The molecule has 7 nitrogen and oxygen atoms in total. The van der Waals surface area contributed by atoms with Crippen LogP contribution in [-0.2, 0) is 19.1 Å². The van der Waals surface area contributed by atoms with E-state index in [0.717, 1.165) is 11.8 Å². The molecule has 7 heteroatoms. The Balaban J connectivity index is 2.02. The van der Waals surface area contributed by atoms with Gasteiger partial charge in [-0.2, -0.15) is 0 Å². The third kappa shape index (κ3) is 6.39. The average molecular weight is 371 g/mol. The average Bonchev–Trinajstić information content (AvgIpc) is 2.71. The molecule has 2 aromatic rings. The van der Waals surface area contributed by atoms with Gasteiger partial charge in [0.15, 0.2) is 0 Å². The molecule has 2 rings (SSSR count). The first-order chi connectivity index (χ1) is 13.1. The third-order valence-electron chi connectivity index (χ3n) is 3.38. The minimum absolute atomic E-state index is 0.0686. The monoisotopic (exact) mass is 371 g/mol. The van der Waals surface area contributed by atoms with Crippen LogP contribution in [0.2, 0.25) is 0 Å². The zero-order valence-corrected chi connectivity index (χ0v) is 15.1. The van der Waals surface area contributed by atoms with Crippen molar-refractivity contribution in [3.63, 3.8) is 0 Å². The van der Waals surface area contributed by atoms with Crippen LogP contribution in [0.1, 0.15) is 0 Å². The minimum Gasteiger partial charge on any atom is -0.490 e. The van der Waals surface area contributed by atoms with Gasteiger partial charge in [0, 0.05) is 0 Å². The molecule has 0 spiro atoms. The Bertz CT molecular complexity index is 788. The molecule has 0 heterocycles. The first-order valence-corrected chi connectivity index (χ1v) is 8.18. The molecule has 2 aromatic carbocycles. The van der Waals surface area contributed by atoms with Crippen LogP contribution in [0, 0.1) is 0 Å². The van der Waals surface area contributed by atoms with Crippen molar-refractivity contribution in [3.8, 4) is 11.5 Å². The highest BCUT2D eigenvalue weighted by Crippen LogP contribution is 2.25. The number of anilines is 1. The van der Waals surface area contributed by atoms with Gasteiger partial charge in [-0.1, -0.05) is 30.3 Å². The Morgan fingerprint density at radius 1 is 0.889 bits per heavy atom. The van der Waals surface area contributed by atoms with Crippen LogP contribution < -0.4 is 14.8 Å². The van der Waals surface area contributed by atoms with Gasteiger partial charge in [-0.15, -0.1) is 0 Å². The van der Waals surface area contributed by atoms with Crippen LogP contribution in [0.25, 0.3) is 0 Å². The number of ether oxygens (including phenoxy) is 4. The van der Waals surface area contributed by atoms with Crippen LogP contribution in [0.5, 0.6) is 11.5 Å². The first-order valence-electron chi connectivity index (χ1n) is 8.18. The molecule has 0 bridgehead atoms. The number of esters is 2. The lowest BCUT2D eigenvalue weighted by molar-refractivity contribution is -0.138. The fourth-order valence-corrected chi connectivity index (χ4v) is 2.10. The van der Waals surface area contributed by atoms with Gasteiger partial charge >= 0.3 is 11.9 Å². The number of carbonyl (C=O) groups is 2. The molecular formula is C20H21NO6. The SMILES string of the molecule is COC(=O)/C=C(/Nc1ccccc1OCCOc1ccccc1)C(=O)OC. The zero-order valence-electron chi connectivity index (χ0n) is 15.1. The maximum Gasteiger partial charge on any atom is 0.354 e. The Hall–Kier alpha value is -3.48. The van der Waals surface area contributed by atoms with E-state index in [0.29, 0.717) is 24.7 Å². The van der Waals surface area contributed by atoms with Crippen molar-refractivity contribution in [2.24, 2.45) is 0 Å². The lowest BCUT2D eigenvalue weighted by atomic mass is 10.2. The molecule has 0 unspecified atom stereocenters. The van der Waals surface area contributed by atoms with Crippen molar-refractivity contribution >= 4 is 17.6 Å². The molecule has 0 aromatic heterocycles. The van der Waals surface area contributed by atoms with Crippen LogP contribution in [0.3, 0.4) is 0 Å². The second kappa shape index (κ2) is 10.5. The molecule has 0 fully saturated rings. The lowest BCUT2D eigenvalue weighted by Gasteiger charge is -2.14. The van der Waals surface area contributed by atoms with Crippen molar-refractivity contribution in [2.45, 2.75) is 0 Å². The summed E-state index contributed by atoms with van der Waals surface area (Å²) in [6.45, 7) is 0.641. The summed E-state index contributed by atoms with van der Waals surface area (Å²) >= 11 is 0. The molecule has 0 aliphatic rings. The van der Waals surface area contributed by atoms with Crippen LogP contribution in [-0.4, -0.2) is 39.4 Å². The molecule has 142 valence electrons. The van der Waals surface area contributed by atoms with E-state index in [1.54, 1.807) is 24.3 Å². The van der Waals surface area contributed by atoms with Gasteiger partial charge in [0.05, 0.1) is 26.0 Å². The van der Waals surface area contributed by atoms with E-state index >= 15 is 0 Å². The molecule has 0 amide bonds. The van der Waals surface area contributed by atoms with E-state index in [2.05, 4.69) is 14.8 Å². The zero-order chi connectivity index (χ0) is 19.5. The predicted molar refractivity (Wildman–Crippen MR) is 99.6 cm³/mol. The number of rotatable bonds is 9. The van der Waals surface area contributed by atoms with Crippen molar-refractivity contribution < 1.29 is 28.5 Å². The summed E-state index contributed by atoms with van der Waals surface area (Å²) in [6.07, 6.45) is 1.02. The number of carbonyl (C=O) groups excluding carboxylic acids is 2. The number of nitrogens with one attached hydrogen (secondary N) is 1. The van der Waals surface area contributed by atoms with Crippen LogP contribution >= 0.6 is 0 Å². The van der Waals surface area contributed by atoms with E-state index in [1.165, 1.54) is 14.2 Å². The van der Waals surface area contributed by atoms with Crippen molar-refractivity contribution in [1.29, 1.82) is 0 Å². The Morgan fingerprint density at radius 3 is 2.26 bits per heavy atom. The van der Waals surface area contributed by atoms with E-state index < -0.39 is 11.9 Å². The second-order valence-corrected chi connectivity index (χ2v) is 5.20. The maximum atomic E-state index is 11.9. The van der Waals surface area contributed by atoms with E-state index in [4.69, 9.17) is 9.47 Å². The number of methoxy groups -OCH3 is 2. The van der Waals surface area contributed by atoms with E-state index in [9.17, 15) is 9.59 Å². The fourth-order valence-electron chi connectivity index (χ4n) is 2.10. The predicted octanol–water partition coefficient (Wildman–Crippen LogP) is 2.79. The number of hydrogen-bond acceptors (Lipinski definition) is 7. The summed E-state index contributed by atoms with van der Waals surface area (Å²) in [5.74, 6) is -0.143. The van der Waals surface area contributed by atoms with Crippen LogP contribution in [0.4, 0.5) is 5.69 Å². The number of hydrogen-bond donors (Lipinski definition) is 1. The summed E-state index contributed by atoms with van der Waals surface area (Å²) in [5.41, 5.74) is 0.429. The molecule has 0 saturated carbocycles. The van der Waals surface area contributed by atoms with Gasteiger partial charge in [-0.05, 0) is 24.3 Å². The molecule has 0 atom stereocenters. The minimum atomic E-state index is -0.706. The Kier molecular flexibility index (Phi) is 7.71. The quantitative estimate of drug-likeness (QED) is 0.412. The highest BCUT2D eigenvalue weighted by atomic mass is 16.5. The number of benzene rings is 2. The first kappa shape index (κ1) is 19.8. The Labute approximate surface area is 157 Å². The topological polar surface area (TPSA) is 83.1 Å². The summed E-state index contributed by atoms with van der Waals surface area (Å²) in [7, 11) is 2.44. The summed E-state index contributed by atoms with van der Waals surface area (Å²) in [5, 5.41) is 2.84. The molecular weight excluding hydrogens is 350 g/mol. The summed E-state index contributed by atoms with van der Waals surface area (Å²) < 4.78 is 20.5. The summed E-state index contributed by atoms with van der Waals surface area (Å²) in [6, 6.07) is 16.4. The Morgan fingerprint density at radius 2 is 1.56 bits per heavy atom. The molecule has 1 N–H and O–H groups in total. The fraction of sp³-hybridized carbons (Fsp3) is 0.200. The largest absolute Gasteiger partial charge is 0.490 e. The van der Waals surface area contributed by atoms with Gasteiger partial charge in [0.25, 0.3) is 0 Å². The highest BCUT2D eigenvalue weighted by Gasteiger charge is 2.15. The normalized spacial score (nSPS) is 10.7. The summed E-state index contributed by atoms with van der Waals surface area (Å²) in [4.78, 5) is 23.3. The molecule has 0 radical (unpaired) electrons.